The van der Waals surface area contributed by atoms with Crippen LogP contribution in [0.15, 0.2) is 0 Å². The molecule has 1 aliphatic carbocycles. The number of nitrogens with one attached hydrogen (secondary N) is 2. The smallest absolute Gasteiger partial charge is 0.185 e. The summed E-state index contributed by atoms with van der Waals surface area (Å²) < 4.78 is 0. The molecule has 1 saturated carbocycles. The summed E-state index contributed by atoms with van der Waals surface area (Å²) in [7, 11) is 0. The lowest BCUT2D eigenvalue weighted by molar-refractivity contribution is 0.0555. The lowest BCUT2D eigenvalue weighted by atomic mass is 9.68. The quantitative estimate of drug-likeness (QED) is 0.777. The van der Waals surface area contributed by atoms with Crippen LogP contribution in [-0.4, -0.2) is 22.3 Å². The second kappa shape index (κ2) is 5.21. The van der Waals surface area contributed by atoms with Crippen LogP contribution in [-0.2, 0) is 0 Å². The molecule has 4 heteroatoms. The minimum absolute atomic E-state index is 0.00473. The highest BCUT2D eigenvalue weighted by Crippen LogP contribution is 2.44. The maximum atomic E-state index is 5.51. The molecule has 2 fully saturated rings. The number of hydrogen-bond acceptors (Lipinski definition) is 2. The van der Waals surface area contributed by atoms with Gasteiger partial charge >= 0.3 is 0 Å². The summed E-state index contributed by atoms with van der Waals surface area (Å²) in [6.45, 7) is 12.6. The van der Waals surface area contributed by atoms with Gasteiger partial charge in [-0.1, -0.05) is 34.6 Å². The van der Waals surface area contributed by atoms with Crippen molar-refractivity contribution in [2.75, 3.05) is 6.54 Å². The van der Waals surface area contributed by atoms with Crippen molar-refractivity contribution in [2.24, 2.45) is 17.3 Å². The van der Waals surface area contributed by atoms with Gasteiger partial charge in [0.2, 0.25) is 0 Å². The van der Waals surface area contributed by atoms with Crippen LogP contribution in [0.3, 0.4) is 0 Å². The van der Waals surface area contributed by atoms with Gasteiger partial charge in [-0.05, 0) is 55.2 Å². The Morgan fingerprint density at radius 2 is 2.05 bits per heavy atom. The summed E-state index contributed by atoms with van der Waals surface area (Å²) >= 11 is 5.51. The van der Waals surface area contributed by atoms with Crippen LogP contribution in [0.1, 0.15) is 60.3 Å². The van der Waals surface area contributed by atoms with Gasteiger partial charge in [-0.25, -0.2) is 5.43 Å². The maximum absolute atomic E-state index is 5.51. The zero-order valence-corrected chi connectivity index (χ0v) is 13.9. The van der Waals surface area contributed by atoms with E-state index in [9.17, 15) is 0 Å². The van der Waals surface area contributed by atoms with Gasteiger partial charge in [0.1, 0.15) is 5.66 Å². The molecule has 2 atom stereocenters. The fourth-order valence-corrected chi connectivity index (χ4v) is 4.24. The molecular weight excluding hydrogens is 254 g/mol. The van der Waals surface area contributed by atoms with E-state index >= 15 is 0 Å². The molecule has 0 radical (unpaired) electrons. The molecule has 3 nitrogen and oxygen atoms in total. The Balaban J connectivity index is 2.04. The van der Waals surface area contributed by atoms with E-state index in [0.29, 0.717) is 11.3 Å². The first kappa shape index (κ1) is 15.0. The standard InChI is InChI=1S/C15H29N3S/c1-11(2)6-7-18-13(19)16-15(17-18)9-12(3)8-14(4,5)10-15/h11-12,17H,6-10H2,1-5H3,(H,16,19)/t12-,15-/m1/s1. The van der Waals surface area contributed by atoms with Crippen LogP contribution in [0.5, 0.6) is 0 Å². The van der Waals surface area contributed by atoms with E-state index in [1.807, 2.05) is 0 Å². The van der Waals surface area contributed by atoms with E-state index in [-0.39, 0.29) is 5.66 Å². The molecule has 0 amide bonds. The molecule has 2 N–H and O–H groups in total. The molecule has 0 bridgehead atoms. The van der Waals surface area contributed by atoms with Crippen LogP contribution < -0.4 is 10.7 Å². The van der Waals surface area contributed by atoms with E-state index < -0.39 is 0 Å². The maximum Gasteiger partial charge on any atom is 0.185 e. The van der Waals surface area contributed by atoms with Crippen LogP contribution in [0, 0.1) is 17.3 Å². The van der Waals surface area contributed by atoms with Gasteiger partial charge in [-0.3, -0.25) is 5.01 Å². The molecule has 1 heterocycles. The normalized spacial score (nSPS) is 34.1. The van der Waals surface area contributed by atoms with E-state index in [2.05, 4.69) is 50.4 Å². The molecule has 0 aromatic carbocycles. The summed E-state index contributed by atoms with van der Waals surface area (Å²) in [4.78, 5) is 0. The second-order valence-corrected chi connectivity index (χ2v) is 8.20. The molecule has 1 spiro atoms. The van der Waals surface area contributed by atoms with Gasteiger partial charge in [-0.2, -0.15) is 0 Å². The summed E-state index contributed by atoms with van der Waals surface area (Å²) in [6, 6.07) is 0. The fourth-order valence-electron chi connectivity index (χ4n) is 3.91. The Bertz CT molecular complexity index is 353. The third-order valence-corrected chi connectivity index (χ3v) is 4.57. The topological polar surface area (TPSA) is 27.3 Å². The molecule has 0 aromatic rings. The highest BCUT2D eigenvalue weighted by atomic mass is 32.1. The fraction of sp³-hybridized carbons (Fsp3) is 0.933. The zero-order valence-electron chi connectivity index (χ0n) is 13.0. The average molecular weight is 283 g/mol. The van der Waals surface area contributed by atoms with Crippen molar-refractivity contribution < 1.29 is 0 Å². The predicted molar refractivity (Wildman–Crippen MR) is 84.6 cm³/mol. The van der Waals surface area contributed by atoms with Crippen molar-refractivity contribution in [1.82, 2.24) is 15.8 Å². The monoisotopic (exact) mass is 283 g/mol. The molecule has 0 unspecified atom stereocenters. The summed E-state index contributed by atoms with van der Waals surface area (Å²) in [5.41, 5.74) is 4.05. The molecule has 1 saturated heterocycles. The number of hydrazine groups is 1. The highest BCUT2D eigenvalue weighted by Gasteiger charge is 2.48. The Hall–Kier alpha value is -0.350. The Morgan fingerprint density at radius 3 is 2.63 bits per heavy atom. The van der Waals surface area contributed by atoms with Gasteiger partial charge in [-0.15, -0.1) is 0 Å². The second-order valence-electron chi connectivity index (χ2n) is 7.81. The van der Waals surface area contributed by atoms with Crippen molar-refractivity contribution in [3.8, 4) is 0 Å². The van der Waals surface area contributed by atoms with Gasteiger partial charge in [0.25, 0.3) is 0 Å². The molecule has 19 heavy (non-hydrogen) atoms. The van der Waals surface area contributed by atoms with E-state index in [1.165, 1.54) is 12.8 Å². The lowest BCUT2D eigenvalue weighted by Gasteiger charge is -2.45. The van der Waals surface area contributed by atoms with Gasteiger partial charge < -0.3 is 5.32 Å². The minimum Gasteiger partial charge on any atom is -0.342 e. The molecule has 0 aromatic heterocycles. The summed E-state index contributed by atoms with van der Waals surface area (Å²) in [6.07, 6.45) is 4.78. The average Bonchev–Trinajstić information content (AvgIpc) is 2.47. The Morgan fingerprint density at radius 1 is 1.37 bits per heavy atom. The summed E-state index contributed by atoms with van der Waals surface area (Å²) in [5, 5.41) is 6.61. The SMILES string of the molecule is CC(C)CCN1N[C@@]2(C[C@H](C)CC(C)(C)C2)NC1=S. The van der Waals surface area contributed by atoms with Gasteiger partial charge in [0.15, 0.2) is 5.11 Å². The van der Waals surface area contributed by atoms with Crippen molar-refractivity contribution >= 4 is 17.3 Å². The number of thiocarbonyl (C=S) groups is 1. The number of hydrogen-bond donors (Lipinski definition) is 2. The first-order valence-electron chi connectivity index (χ1n) is 7.59. The van der Waals surface area contributed by atoms with Crippen LogP contribution >= 0.6 is 12.2 Å². The predicted octanol–water partition coefficient (Wildman–Crippen LogP) is 3.27. The first-order valence-corrected chi connectivity index (χ1v) is 8.00. The Labute approximate surface area is 123 Å². The summed E-state index contributed by atoms with van der Waals surface area (Å²) in [5.74, 6) is 1.44. The van der Waals surface area contributed by atoms with E-state index in [4.69, 9.17) is 12.2 Å². The lowest BCUT2D eigenvalue weighted by Crippen LogP contribution is -2.57. The van der Waals surface area contributed by atoms with E-state index in [0.717, 1.165) is 30.4 Å². The molecule has 2 rings (SSSR count). The molecule has 2 aliphatic rings. The van der Waals surface area contributed by atoms with Crippen molar-refractivity contribution in [3.05, 3.63) is 0 Å². The molecule has 110 valence electrons. The van der Waals surface area contributed by atoms with Gasteiger partial charge in [0.05, 0.1) is 0 Å². The van der Waals surface area contributed by atoms with Crippen LogP contribution in [0.4, 0.5) is 0 Å². The van der Waals surface area contributed by atoms with Crippen molar-refractivity contribution in [1.29, 1.82) is 0 Å². The molecule has 1 aliphatic heterocycles. The third kappa shape index (κ3) is 3.60. The van der Waals surface area contributed by atoms with Crippen molar-refractivity contribution in [3.63, 3.8) is 0 Å². The highest BCUT2D eigenvalue weighted by molar-refractivity contribution is 7.80. The third-order valence-electron chi connectivity index (χ3n) is 4.25. The zero-order chi connectivity index (χ0) is 14.3. The van der Waals surface area contributed by atoms with Crippen molar-refractivity contribution in [2.45, 2.75) is 66.0 Å². The van der Waals surface area contributed by atoms with Crippen LogP contribution in [0.25, 0.3) is 0 Å². The first-order chi connectivity index (χ1) is 8.71. The number of rotatable bonds is 3. The van der Waals surface area contributed by atoms with E-state index in [1.54, 1.807) is 0 Å². The molecular formula is C15H29N3S. The largest absolute Gasteiger partial charge is 0.342 e. The minimum atomic E-state index is -0.00473. The van der Waals surface area contributed by atoms with Crippen LogP contribution in [0.2, 0.25) is 0 Å². The Kier molecular flexibility index (Phi) is 4.12. The van der Waals surface area contributed by atoms with Gasteiger partial charge in [0, 0.05) is 6.54 Å². The number of nitrogens with zero attached hydrogens (tertiary/aromatic N) is 1.